The summed E-state index contributed by atoms with van der Waals surface area (Å²) < 4.78 is 10.6. The molecule has 0 unspecified atom stereocenters. The summed E-state index contributed by atoms with van der Waals surface area (Å²) in [7, 11) is 1.74. The lowest BCUT2D eigenvalue weighted by Crippen LogP contribution is -2.38. The summed E-state index contributed by atoms with van der Waals surface area (Å²) in [5.74, 6) is 1.63. The van der Waals surface area contributed by atoms with E-state index < -0.39 is 0 Å². The maximum Gasteiger partial charge on any atom is 0.191 e. The third kappa shape index (κ3) is 6.10. The maximum atomic E-state index is 5.46. The Morgan fingerprint density at radius 1 is 1.56 bits per heavy atom. The molecule has 0 fully saturated rings. The van der Waals surface area contributed by atoms with Gasteiger partial charge in [0.1, 0.15) is 12.4 Å². The number of nitrogens with zero attached hydrogens (tertiary/aromatic N) is 1. The van der Waals surface area contributed by atoms with Crippen molar-refractivity contribution in [1.29, 1.82) is 0 Å². The van der Waals surface area contributed by atoms with Crippen LogP contribution in [0.1, 0.15) is 12.2 Å². The van der Waals surface area contributed by atoms with Crippen molar-refractivity contribution < 1.29 is 9.15 Å². The summed E-state index contributed by atoms with van der Waals surface area (Å²) in [6, 6.07) is 3.76. The minimum Gasteiger partial charge on any atom is -0.467 e. The van der Waals surface area contributed by atoms with Gasteiger partial charge < -0.3 is 19.8 Å². The molecule has 1 aromatic heterocycles. The molecular weight excluding hydrogens is 230 g/mol. The van der Waals surface area contributed by atoms with Crippen LogP contribution in [-0.4, -0.2) is 32.7 Å². The molecule has 1 heterocycles. The number of aliphatic imine (C=N–C) groups is 1. The van der Waals surface area contributed by atoms with Gasteiger partial charge in [0.05, 0.1) is 6.26 Å². The van der Waals surface area contributed by atoms with E-state index in [0.29, 0.717) is 19.8 Å². The van der Waals surface area contributed by atoms with Gasteiger partial charge >= 0.3 is 0 Å². The van der Waals surface area contributed by atoms with Crippen LogP contribution in [0.25, 0.3) is 0 Å². The first kappa shape index (κ1) is 14.3. The van der Waals surface area contributed by atoms with Crippen LogP contribution < -0.4 is 10.6 Å². The van der Waals surface area contributed by atoms with Crippen molar-refractivity contribution in [1.82, 2.24) is 10.6 Å². The summed E-state index contributed by atoms with van der Waals surface area (Å²) in [5.41, 5.74) is 0. The largest absolute Gasteiger partial charge is 0.467 e. The van der Waals surface area contributed by atoms with Gasteiger partial charge in [0, 0.05) is 26.7 Å². The smallest absolute Gasteiger partial charge is 0.191 e. The highest BCUT2D eigenvalue weighted by atomic mass is 16.5. The molecule has 0 saturated carbocycles. The molecule has 5 nitrogen and oxygen atoms in total. The van der Waals surface area contributed by atoms with Gasteiger partial charge in [0.25, 0.3) is 0 Å². The second-order valence-corrected chi connectivity index (χ2v) is 3.65. The highest BCUT2D eigenvalue weighted by Gasteiger charge is 1.97. The average Bonchev–Trinajstić information content (AvgIpc) is 2.90. The predicted octanol–water partition coefficient (Wildman–Crippen LogP) is 1.54. The van der Waals surface area contributed by atoms with Crippen molar-refractivity contribution in [2.24, 2.45) is 4.99 Å². The topological polar surface area (TPSA) is 58.8 Å². The van der Waals surface area contributed by atoms with Crippen LogP contribution in [0.4, 0.5) is 0 Å². The van der Waals surface area contributed by atoms with Gasteiger partial charge in [-0.15, -0.1) is 6.58 Å². The summed E-state index contributed by atoms with van der Waals surface area (Å²) in [5, 5.41) is 6.28. The number of furan rings is 1. The van der Waals surface area contributed by atoms with E-state index in [-0.39, 0.29) is 0 Å². The van der Waals surface area contributed by atoms with E-state index in [4.69, 9.17) is 9.15 Å². The van der Waals surface area contributed by atoms with Gasteiger partial charge in [0.2, 0.25) is 0 Å². The van der Waals surface area contributed by atoms with Gasteiger partial charge in [-0.3, -0.25) is 4.99 Å². The van der Waals surface area contributed by atoms with Crippen molar-refractivity contribution in [3.05, 3.63) is 36.8 Å². The van der Waals surface area contributed by atoms with E-state index in [1.165, 1.54) is 0 Å². The molecule has 0 aliphatic carbocycles. The number of nitrogens with one attached hydrogen (secondary N) is 2. The highest BCUT2D eigenvalue weighted by Crippen LogP contribution is 2.01. The Balaban J connectivity index is 1.99. The van der Waals surface area contributed by atoms with Crippen molar-refractivity contribution in [2.75, 3.05) is 26.7 Å². The highest BCUT2D eigenvalue weighted by molar-refractivity contribution is 5.79. The first-order valence-electron chi connectivity index (χ1n) is 6.02. The fraction of sp³-hybridized carbons (Fsp3) is 0.462. The quantitative estimate of drug-likeness (QED) is 0.318. The molecule has 0 aliphatic heterocycles. The van der Waals surface area contributed by atoms with Gasteiger partial charge in [-0.1, -0.05) is 6.08 Å². The Hall–Kier alpha value is -1.75. The minimum absolute atomic E-state index is 0.524. The number of ether oxygens (including phenoxy) is 1. The molecule has 18 heavy (non-hydrogen) atoms. The van der Waals surface area contributed by atoms with E-state index >= 15 is 0 Å². The molecule has 2 N–H and O–H groups in total. The molecule has 5 heteroatoms. The molecule has 0 saturated heterocycles. The zero-order valence-electron chi connectivity index (χ0n) is 10.8. The lowest BCUT2D eigenvalue weighted by molar-refractivity contribution is 0.105. The molecule has 1 aromatic rings. The van der Waals surface area contributed by atoms with Crippen LogP contribution in [0.2, 0.25) is 0 Å². The molecule has 0 spiro atoms. The van der Waals surface area contributed by atoms with Crippen molar-refractivity contribution in [3.63, 3.8) is 0 Å². The predicted molar refractivity (Wildman–Crippen MR) is 72.5 cm³/mol. The molecule has 0 radical (unpaired) electrons. The van der Waals surface area contributed by atoms with Crippen molar-refractivity contribution >= 4 is 5.96 Å². The fourth-order valence-electron chi connectivity index (χ4n) is 1.34. The Kier molecular flexibility index (Phi) is 7.39. The van der Waals surface area contributed by atoms with Crippen LogP contribution in [0.15, 0.2) is 40.5 Å². The first-order chi connectivity index (χ1) is 8.86. The van der Waals surface area contributed by atoms with E-state index in [9.17, 15) is 0 Å². The van der Waals surface area contributed by atoms with Crippen molar-refractivity contribution in [3.8, 4) is 0 Å². The zero-order valence-corrected chi connectivity index (χ0v) is 10.8. The minimum atomic E-state index is 0.524. The third-order valence-electron chi connectivity index (χ3n) is 2.22. The number of guanidine groups is 1. The summed E-state index contributed by atoms with van der Waals surface area (Å²) in [6.07, 6.45) is 4.35. The van der Waals surface area contributed by atoms with E-state index in [1.807, 2.05) is 12.1 Å². The van der Waals surface area contributed by atoms with Crippen LogP contribution in [-0.2, 0) is 11.3 Å². The van der Waals surface area contributed by atoms with Crippen LogP contribution >= 0.6 is 0 Å². The summed E-state index contributed by atoms with van der Waals surface area (Å²) >= 11 is 0. The standard InChI is InChI=1S/C13H21N3O2/c1-3-7-15-13(14-2)16-8-5-9-17-11-12-6-4-10-18-12/h3-4,6,10H,1,5,7-9,11H2,2H3,(H2,14,15,16). The summed E-state index contributed by atoms with van der Waals surface area (Å²) in [4.78, 5) is 4.07. The van der Waals surface area contributed by atoms with Gasteiger partial charge in [-0.2, -0.15) is 0 Å². The van der Waals surface area contributed by atoms with Crippen LogP contribution in [0.5, 0.6) is 0 Å². The molecule has 0 amide bonds. The monoisotopic (exact) mass is 251 g/mol. The second-order valence-electron chi connectivity index (χ2n) is 3.65. The second kappa shape index (κ2) is 9.30. The molecule has 0 aliphatic rings. The normalized spacial score (nSPS) is 11.3. The van der Waals surface area contributed by atoms with Gasteiger partial charge in [0.15, 0.2) is 5.96 Å². The Morgan fingerprint density at radius 3 is 3.11 bits per heavy atom. The van der Waals surface area contributed by atoms with E-state index in [2.05, 4.69) is 22.2 Å². The molecule has 0 aromatic carbocycles. The number of rotatable bonds is 8. The van der Waals surface area contributed by atoms with Gasteiger partial charge in [-0.05, 0) is 18.6 Å². The zero-order chi connectivity index (χ0) is 13.1. The molecule has 100 valence electrons. The lowest BCUT2D eigenvalue weighted by Gasteiger charge is -2.10. The van der Waals surface area contributed by atoms with E-state index in [0.717, 1.165) is 24.7 Å². The third-order valence-corrected chi connectivity index (χ3v) is 2.22. The first-order valence-corrected chi connectivity index (χ1v) is 6.02. The lowest BCUT2D eigenvalue weighted by atomic mass is 10.4. The number of hydrogen-bond acceptors (Lipinski definition) is 3. The maximum absolute atomic E-state index is 5.46. The van der Waals surface area contributed by atoms with Crippen LogP contribution in [0, 0.1) is 0 Å². The average molecular weight is 251 g/mol. The van der Waals surface area contributed by atoms with Gasteiger partial charge in [-0.25, -0.2) is 0 Å². The SMILES string of the molecule is C=CCNC(=NC)NCCCOCc1ccco1. The number of hydrogen-bond donors (Lipinski definition) is 2. The van der Waals surface area contributed by atoms with E-state index in [1.54, 1.807) is 19.4 Å². The van der Waals surface area contributed by atoms with Crippen molar-refractivity contribution in [2.45, 2.75) is 13.0 Å². The fourth-order valence-corrected chi connectivity index (χ4v) is 1.34. The molecule has 0 atom stereocenters. The molecule has 1 rings (SSSR count). The Bertz CT molecular complexity index is 347. The van der Waals surface area contributed by atoms with Crippen LogP contribution in [0.3, 0.4) is 0 Å². The summed E-state index contributed by atoms with van der Waals surface area (Å²) in [6.45, 7) is 6.37. The molecule has 0 bridgehead atoms. The Labute approximate surface area is 108 Å². The Morgan fingerprint density at radius 2 is 2.44 bits per heavy atom. The molecular formula is C13H21N3O2.